The van der Waals surface area contributed by atoms with Crippen LogP contribution in [0, 0.1) is 12.7 Å². The topological polar surface area (TPSA) is 38.3 Å². The molecule has 5 heteroatoms. The molecule has 0 saturated carbocycles. The zero-order valence-corrected chi connectivity index (χ0v) is 12.6. The number of benzene rings is 2. The average Bonchev–Trinajstić information content (AvgIpc) is 2.43. The summed E-state index contributed by atoms with van der Waals surface area (Å²) in [4.78, 5) is 12.2. The third kappa shape index (κ3) is 3.17. The number of rotatable bonds is 3. The maximum Gasteiger partial charge on any atom is 0.256 e. The fourth-order valence-corrected chi connectivity index (χ4v) is 2.10. The molecule has 1 amide bonds. The second-order valence-electron chi connectivity index (χ2n) is 4.26. The Hall–Kier alpha value is -1.88. The van der Waals surface area contributed by atoms with Crippen LogP contribution in [0.1, 0.15) is 15.9 Å². The summed E-state index contributed by atoms with van der Waals surface area (Å²) in [5.74, 6) is -0.180. The summed E-state index contributed by atoms with van der Waals surface area (Å²) in [5.41, 5.74) is 1.58. The number of methoxy groups -OCH3 is 1. The largest absolute Gasteiger partial charge is 0.497 e. The minimum Gasteiger partial charge on any atom is -0.497 e. The van der Waals surface area contributed by atoms with Crippen molar-refractivity contribution in [3.63, 3.8) is 0 Å². The van der Waals surface area contributed by atoms with E-state index in [-0.39, 0.29) is 5.91 Å². The van der Waals surface area contributed by atoms with Crippen LogP contribution in [0.4, 0.5) is 10.1 Å². The first kappa shape index (κ1) is 14.5. The highest BCUT2D eigenvalue weighted by molar-refractivity contribution is 9.10. The van der Waals surface area contributed by atoms with Crippen LogP contribution in [0.3, 0.4) is 0 Å². The SMILES string of the molecule is COc1ccc(Br)c(NC(=O)c2cc(F)ccc2C)c1. The van der Waals surface area contributed by atoms with Gasteiger partial charge >= 0.3 is 0 Å². The molecule has 0 radical (unpaired) electrons. The molecule has 0 aliphatic heterocycles. The van der Waals surface area contributed by atoms with Gasteiger partial charge in [-0.2, -0.15) is 0 Å². The van der Waals surface area contributed by atoms with Crippen LogP contribution in [0.5, 0.6) is 5.75 Å². The molecule has 0 atom stereocenters. The molecule has 1 N–H and O–H groups in total. The second-order valence-corrected chi connectivity index (χ2v) is 5.11. The molecule has 0 heterocycles. The van der Waals surface area contributed by atoms with Crippen LogP contribution >= 0.6 is 15.9 Å². The highest BCUT2D eigenvalue weighted by atomic mass is 79.9. The summed E-state index contributed by atoms with van der Waals surface area (Å²) in [6.07, 6.45) is 0. The van der Waals surface area contributed by atoms with Crippen LogP contribution in [0.15, 0.2) is 40.9 Å². The molecule has 0 saturated heterocycles. The van der Waals surface area contributed by atoms with Gasteiger partial charge in [0.15, 0.2) is 0 Å². The van der Waals surface area contributed by atoms with E-state index in [0.29, 0.717) is 22.6 Å². The van der Waals surface area contributed by atoms with Crippen LogP contribution in [-0.4, -0.2) is 13.0 Å². The molecule has 2 aromatic carbocycles. The standard InChI is InChI=1S/C15H13BrFNO2/c1-9-3-4-10(17)7-12(9)15(19)18-14-8-11(20-2)5-6-13(14)16/h3-8H,1-2H3,(H,18,19). The molecule has 2 rings (SSSR count). The van der Waals surface area contributed by atoms with Gasteiger partial charge in [-0.05, 0) is 52.7 Å². The van der Waals surface area contributed by atoms with Gasteiger partial charge in [0.1, 0.15) is 11.6 Å². The predicted molar refractivity (Wildman–Crippen MR) is 79.8 cm³/mol. The third-order valence-electron chi connectivity index (χ3n) is 2.87. The first-order valence-corrected chi connectivity index (χ1v) is 6.71. The maximum absolute atomic E-state index is 13.2. The van der Waals surface area contributed by atoms with E-state index < -0.39 is 5.82 Å². The second kappa shape index (κ2) is 6.05. The van der Waals surface area contributed by atoms with Crippen molar-refractivity contribution < 1.29 is 13.9 Å². The van der Waals surface area contributed by atoms with Crippen molar-refractivity contribution in [3.8, 4) is 5.75 Å². The van der Waals surface area contributed by atoms with Gasteiger partial charge in [-0.1, -0.05) is 6.07 Å². The molecule has 0 bridgehead atoms. The van der Waals surface area contributed by atoms with Gasteiger partial charge in [0.05, 0.1) is 12.8 Å². The highest BCUT2D eigenvalue weighted by Gasteiger charge is 2.12. The molecule has 0 unspecified atom stereocenters. The number of aryl methyl sites for hydroxylation is 1. The Balaban J connectivity index is 2.30. The van der Waals surface area contributed by atoms with E-state index >= 15 is 0 Å². The van der Waals surface area contributed by atoms with E-state index in [2.05, 4.69) is 21.2 Å². The monoisotopic (exact) mass is 337 g/mol. The van der Waals surface area contributed by atoms with Crippen molar-refractivity contribution in [3.05, 3.63) is 57.8 Å². The number of halogens is 2. The molecule has 0 spiro atoms. The smallest absolute Gasteiger partial charge is 0.256 e. The fourth-order valence-electron chi connectivity index (χ4n) is 1.76. The number of amides is 1. The minimum absolute atomic E-state index is 0.305. The molecule has 3 nitrogen and oxygen atoms in total. The van der Waals surface area contributed by atoms with E-state index in [9.17, 15) is 9.18 Å². The number of ether oxygens (including phenoxy) is 1. The highest BCUT2D eigenvalue weighted by Crippen LogP contribution is 2.27. The van der Waals surface area contributed by atoms with Gasteiger partial charge < -0.3 is 10.1 Å². The zero-order valence-electron chi connectivity index (χ0n) is 11.0. The molecule has 20 heavy (non-hydrogen) atoms. The number of hydrogen-bond acceptors (Lipinski definition) is 2. The lowest BCUT2D eigenvalue weighted by Gasteiger charge is -2.10. The van der Waals surface area contributed by atoms with Gasteiger partial charge in [0.2, 0.25) is 0 Å². The quantitative estimate of drug-likeness (QED) is 0.913. The van der Waals surface area contributed by atoms with Gasteiger partial charge in [-0.15, -0.1) is 0 Å². The van der Waals surface area contributed by atoms with E-state index in [0.717, 1.165) is 4.47 Å². The molecule has 0 aliphatic carbocycles. The van der Waals surface area contributed by atoms with E-state index in [1.165, 1.54) is 12.1 Å². The molecule has 0 aromatic heterocycles. The predicted octanol–water partition coefficient (Wildman–Crippen LogP) is 4.16. The Morgan fingerprint density at radius 2 is 2.00 bits per heavy atom. The Bertz CT molecular complexity index is 658. The summed E-state index contributed by atoms with van der Waals surface area (Å²) in [5, 5.41) is 2.74. The van der Waals surface area contributed by atoms with E-state index in [1.54, 1.807) is 38.3 Å². The first-order chi connectivity index (χ1) is 9.51. The Morgan fingerprint density at radius 3 is 2.70 bits per heavy atom. The summed E-state index contributed by atoms with van der Waals surface area (Å²) >= 11 is 3.35. The lowest BCUT2D eigenvalue weighted by atomic mass is 10.1. The average molecular weight is 338 g/mol. The lowest BCUT2D eigenvalue weighted by molar-refractivity contribution is 0.102. The summed E-state index contributed by atoms with van der Waals surface area (Å²) in [6, 6.07) is 9.36. The van der Waals surface area contributed by atoms with Crippen molar-refractivity contribution in [2.75, 3.05) is 12.4 Å². The zero-order chi connectivity index (χ0) is 14.7. The first-order valence-electron chi connectivity index (χ1n) is 5.92. The molecule has 0 aliphatic rings. The number of nitrogens with one attached hydrogen (secondary N) is 1. The van der Waals surface area contributed by atoms with Gasteiger partial charge in [-0.25, -0.2) is 4.39 Å². The molecule has 0 fully saturated rings. The summed E-state index contributed by atoms with van der Waals surface area (Å²) in [6.45, 7) is 1.76. The van der Waals surface area contributed by atoms with Crippen molar-refractivity contribution in [2.45, 2.75) is 6.92 Å². The van der Waals surface area contributed by atoms with E-state index in [1.807, 2.05) is 0 Å². The summed E-state index contributed by atoms with van der Waals surface area (Å²) < 4.78 is 19.1. The number of carbonyl (C=O) groups is 1. The van der Waals surface area contributed by atoms with Crippen molar-refractivity contribution in [1.29, 1.82) is 0 Å². The molecular formula is C15H13BrFNO2. The number of anilines is 1. The Kier molecular flexibility index (Phi) is 4.39. The molecule has 104 valence electrons. The van der Waals surface area contributed by atoms with Crippen molar-refractivity contribution in [2.24, 2.45) is 0 Å². The van der Waals surface area contributed by atoms with Gasteiger partial charge in [0, 0.05) is 16.1 Å². The Morgan fingerprint density at radius 1 is 1.25 bits per heavy atom. The van der Waals surface area contributed by atoms with Gasteiger partial charge in [-0.3, -0.25) is 4.79 Å². The van der Waals surface area contributed by atoms with Crippen molar-refractivity contribution in [1.82, 2.24) is 0 Å². The van der Waals surface area contributed by atoms with Gasteiger partial charge in [0.25, 0.3) is 5.91 Å². The van der Waals surface area contributed by atoms with E-state index in [4.69, 9.17) is 4.74 Å². The summed E-state index contributed by atoms with van der Waals surface area (Å²) in [7, 11) is 1.55. The molecular weight excluding hydrogens is 325 g/mol. The number of carbonyl (C=O) groups excluding carboxylic acids is 1. The fraction of sp³-hybridized carbons (Fsp3) is 0.133. The van der Waals surface area contributed by atoms with Crippen LogP contribution in [-0.2, 0) is 0 Å². The normalized spacial score (nSPS) is 10.2. The number of hydrogen-bond donors (Lipinski definition) is 1. The van der Waals surface area contributed by atoms with Crippen LogP contribution < -0.4 is 10.1 Å². The minimum atomic E-state index is -0.439. The van der Waals surface area contributed by atoms with Crippen LogP contribution in [0.25, 0.3) is 0 Å². The Labute approximate surface area is 124 Å². The molecule has 2 aromatic rings. The van der Waals surface area contributed by atoms with Crippen LogP contribution in [0.2, 0.25) is 0 Å². The maximum atomic E-state index is 13.2. The third-order valence-corrected chi connectivity index (χ3v) is 3.56. The lowest BCUT2D eigenvalue weighted by Crippen LogP contribution is -2.14. The van der Waals surface area contributed by atoms with Crippen molar-refractivity contribution >= 4 is 27.5 Å².